The SMILES string of the molecule is C=C1Cc2c(ccc(I)c2C)N1. The van der Waals surface area contributed by atoms with Gasteiger partial charge < -0.3 is 5.32 Å². The molecule has 0 fully saturated rings. The number of rotatable bonds is 0. The summed E-state index contributed by atoms with van der Waals surface area (Å²) in [4.78, 5) is 0. The van der Waals surface area contributed by atoms with E-state index in [1.165, 1.54) is 20.4 Å². The van der Waals surface area contributed by atoms with Crippen LogP contribution < -0.4 is 5.32 Å². The van der Waals surface area contributed by atoms with Gasteiger partial charge in [-0.15, -0.1) is 0 Å². The van der Waals surface area contributed by atoms with Crippen LogP contribution in [0.15, 0.2) is 24.4 Å². The van der Waals surface area contributed by atoms with Crippen molar-refractivity contribution < 1.29 is 0 Å². The Hall–Kier alpha value is -0.510. The average molecular weight is 271 g/mol. The summed E-state index contributed by atoms with van der Waals surface area (Å²) in [6.45, 7) is 6.09. The van der Waals surface area contributed by atoms with Crippen LogP contribution in [0.5, 0.6) is 0 Å². The molecule has 0 radical (unpaired) electrons. The lowest BCUT2D eigenvalue weighted by Crippen LogP contribution is -1.88. The minimum Gasteiger partial charge on any atom is -0.359 e. The van der Waals surface area contributed by atoms with E-state index in [9.17, 15) is 0 Å². The van der Waals surface area contributed by atoms with Gasteiger partial charge in [0.15, 0.2) is 0 Å². The van der Waals surface area contributed by atoms with Gasteiger partial charge in [-0.3, -0.25) is 0 Å². The van der Waals surface area contributed by atoms with Gasteiger partial charge in [0.05, 0.1) is 0 Å². The Bertz CT molecular complexity index is 355. The molecule has 0 aliphatic carbocycles. The van der Waals surface area contributed by atoms with Gasteiger partial charge in [-0.05, 0) is 52.8 Å². The van der Waals surface area contributed by atoms with Gasteiger partial charge in [0.25, 0.3) is 0 Å². The number of hydrogen-bond acceptors (Lipinski definition) is 1. The Kier molecular flexibility index (Phi) is 1.87. The van der Waals surface area contributed by atoms with Crippen molar-refractivity contribution in [2.45, 2.75) is 13.3 Å². The van der Waals surface area contributed by atoms with E-state index in [-0.39, 0.29) is 0 Å². The van der Waals surface area contributed by atoms with E-state index in [1.54, 1.807) is 0 Å². The quantitative estimate of drug-likeness (QED) is 0.715. The normalized spacial score (nSPS) is 14.3. The van der Waals surface area contributed by atoms with Crippen molar-refractivity contribution in [3.05, 3.63) is 39.1 Å². The number of benzene rings is 1. The minimum absolute atomic E-state index is 0.984. The van der Waals surface area contributed by atoms with E-state index in [0.29, 0.717) is 0 Å². The van der Waals surface area contributed by atoms with Crippen molar-refractivity contribution in [1.82, 2.24) is 0 Å². The zero-order valence-electron chi connectivity index (χ0n) is 6.95. The fraction of sp³-hybridized carbons (Fsp3) is 0.200. The summed E-state index contributed by atoms with van der Waals surface area (Å²) in [5.74, 6) is 0. The molecule has 1 aliphatic rings. The molecule has 1 N–H and O–H groups in total. The summed E-state index contributed by atoms with van der Waals surface area (Å²) < 4.78 is 1.34. The summed E-state index contributed by atoms with van der Waals surface area (Å²) in [6, 6.07) is 4.27. The molecule has 0 saturated heterocycles. The van der Waals surface area contributed by atoms with Gasteiger partial charge in [-0.2, -0.15) is 0 Å². The Morgan fingerprint density at radius 1 is 1.50 bits per heavy atom. The summed E-state index contributed by atoms with van der Waals surface area (Å²) in [5, 5.41) is 3.27. The second-order valence-corrected chi connectivity index (χ2v) is 4.27. The first-order chi connectivity index (χ1) is 5.68. The van der Waals surface area contributed by atoms with Gasteiger partial charge in [-0.1, -0.05) is 6.58 Å². The largest absolute Gasteiger partial charge is 0.359 e. The molecule has 0 atom stereocenters. The summed E-state index contributed by atoms with van der Waals surface area (Å²) >= 11 is 2.37. The molecule has 2 heteroatoms. The van der Waals surface area contributed by atoms with Gasteiger partial charge in [-0.25, -0.2) is 0 Å². The molecule has 1 aliphatic heterocycles. The smallest absolute Gasteiger partial charge is 0.0421 e. The summed E-state index contributed by atoms with van der Waals surface area (Å²) in [6.07, 6.45) is 0.984. The van der Waals surface area contributed by atoms with Crippen LogP contribution in [0.2, 0.25) is 0 Å². The predicted octanol–water partition coefficient (Wildman–Crippen LogP) is 3.08. The highest BCUT2D eigenvalue weighted by Gasteiger charge is 2.15. The molecule has 0 unspecified atom stereocenters. The molecule has 0 spiro atoms. The molecular weight excluding hydrogens is 261 g/mol. The fourth-order valence-corrected chi connectivity index (χ4v) is 2.03. The third kappa shape index (κ3) is 1.14. The maximum atomic E-state index is 3.93. The van der Waals surface area contributed by atoms with Crippen LogP contribution in [0.1, 0.15) is 11.1 Å². The molecule has 12 heavy (non-hydrogen) atoms. The maximum Gasteiger partial charge on any atom is 0.0421 e. The molecular formula is C10H10IN. The third-order valence-electron chi connectivity index (χ3n) is 2.23. The summed E-state index contributed by atoms with van der Waals surface area (Å²) in [5.41, 5.74) is 5.14. The number of allylic oxidation sites excluding steroid dienone is 1. The Balaban J connectivity index is 2.61. The zero-order valence-corrected chi connectivity index (χ0v) is 9.10. The van der Waals surface area contributed by atoms with Gasteiger partial charge in [0.1, 0.15) is 0 Å². The zero-order chi connectivity index (χ0) is 8.72. The van der Waals surface area contributed by atoms with E-state index >= 15 is 0 Å². The molecule has 1 aromatic carbocycles. The van der Waals surface area contributed by atoms with Crippen LogP contribution in [-0.2, 0) is 6.42 Å². The molecule has 62 valence electrons. The van der Waals surface area contributed by atoms with Crippen LogP contribution in [-0.4, -0.2) is 0 Å². The van der Waals surface area contributed by atoms with Gasteiger partial charge in [0, 0.05) is 21.4 Å². The average Bonchev–Trinajstić information content (AvgIpc) is 2.39. The molecule has 0 amide bonds. The van der Waals surface area contributed by atoms with E-state index in [0.717, 1.165) is 12.1 Å². The van der Waals surface area contributed by atoms with Crippen LogP contribution in [0.25, 0.3) is 0 Å². The lowest BCUT2D eigenvalue weighted by Gasteiger charge is -2.04. The predicted molar refractivity (Wildman–Crippen MR) is 60.4 cm³/mol. The number of halogens is 1. The number of fused-ring (bicyclic) bond motifs is 1. The van der Waals surface area contributed by atoms with Crippen molar-refractivity contribution >= 4 is 28.3 Å². The van der Waals surface area contributed by atoms with E-state index in [2.05, 4.69) is 53.5 Å². The fourth-order valence-electron chi connectivity index (χ4n) is 1.52. The lowest BCUT2D eigenvalue weighted by atomic mass is 10.1. The highest BCUT2D eigenvalue weighted by molar-refractivity contribution is 14.1. The second-order valence-electron chi connectivity index (χ2n) is 3.10. The Labute approximate surface area is 86.0 Å². The number of anilines is 1. The van der Waals surface area contributed by atoms with Crippen molar-refractivity contribution in [1.29, 1.82) is 0 Å². The highest BCUT2D eigenvalue weighted by Crippen LogP contribution is 2.31. The number of hydrogen-bond donors (Lipinski definition) is 1. The van der Waals surface area contributed by atoms with Gasteiger partial charge in [0.2, 0.25) is 0 Å². The Morgan fingerprint density at radius 2 is 2.25 bits per heavy atom. The number of nitrogens with one attached hydrogen (secondary N) is 1. The summed E-state index contributed by atoms with van der Waals surface area (Å²) in [7, 11) is 0. The first-order valence-corrected chi connectivity index (χ1v) is 4.99. The van der Waals surface area contributed by atoms with Gasteiger partial charge >= 0.3 is 0 Å². The first-order valence-electron chi connectivity index (χ1n) is 3.91. The first kappa shape index (κ1) is 8.10. The van der Waals surface area contributed by atoms with Crippen LogP contribution >= 0.6 is 22.6 Å². The van der Waals surface area contributed by atoms with Crippen molar-refractivity contribution in [2.24, 2.45) is 0 Å². The Morgan fingerprint density at radius 3 is 3.00 bits per heavy atom. The van der Waals surface area contributed by atoms with E-state index in [4.69, 9.17) is 0 Å². The van der Waals surface area contributed by atoms with Crippen LogP contribution in [0, 0.1) is 10.5 Å². The molecule has 1 aromatic rings. The lowest BCUT2D eigenvalue weighted by molar-refractivity contribution is 1.21. The monoisotopic (exact) mass is 271 g/mol. The second kappa shape index (κ2) is 2.76. The van der Waals surface area contributed by atoms with Crippen LogP contribution in [0.3, 0.4) is 0 Å². The molecule has 1 nitrogen and oxygen atoms in total. The maximum absolute atomic E-state index is 3.93. The highest BCUT2D eigenvalue weighted by atomic mass is 127. The van der Waals surface area contributed by atoms with Crippen LogP contribution in [0.4, 0.5) is 5.69 Å². The van der Waals surface area contributed by atoms with Crippen molar-refractivity contribution in [3.8, 4) is 0 Å². The molecule has 0 bridgehead atoms. The van der Waals surface area contributed by atoms with Crippen molar-refractivity contribution in [2.75, 3.05) is 5.32 Å². The third-order valence-corrected chi connectivity index (χ3v) is 3.40. The topological polar surface area (TPSA) is 12.0 Å². The molecule has 2 rings (SSSR count). The standard InChI is InChI=1S/C10H10IN/c1-6-5-8-7(2)9(11)3-4-10(8)12-6/h3-4,12H,1,5H2,2H3. The molecule has 0 aromatic heterocycles. The molecule has 0 saturated carbocycles. The molecule has 1 heterocycles. The van der Waals surface area contributed by atoms with E-state index < -0.39 is 0 Å². The van der Waals surface area contributed by atoms with Crippen molar-refractivity contribution in [3.63, 3.8) is 0 Å². The van der Waals surface area contributed by atoms with E-state index in [1.807, 2.05) is 0 Å². The minimum atomic E-state index is 0.984.